The van der Waals surface area contributed by atoms with E-state index in [1.54, 1.807) is 16.8 Å². The van der Waals surface area contributed by atoms with Crippen molar-refractivity contribution in [2.24, 2.45) is 5.92 Å². The highest BCUT2D eigenvalue weighted by Crippen LogP contribution is 2.27. The number of hydrogen-bond acceptors (Lipinski definition) is 5. The van der Waals surface area contributed by atoms with Crippen molar-refractivity contribution in [3.8, 4) is 11.8 Å². The summed E-state index contributed by atoms with van der Waals surface area (Å²) in [5, 5.41) is 13.1. The monoisotopic (exact) mass is 354 g/mol. The number of halogens is 1. The first kappa shape index (κ1) is 13.4. The molecule has 2 aromatic heterocycles. The normalized spacial score (nSPS) is 25.1. The highest BCUT2D eigenvalue weighted by atomic mass is 79.9. The molecule has 1 N–H and O–H groups in total. The Morgan fingerprint density at radius 1 is 1.65 bits per heavy atom. The topological polar surface area (TPSA) is 91.2 Å². The van der Waals surface area contributed by atoms with Gasteiger partial charge in [0.05, 0.1) is 30.1 Å². The summed E-state index contributed by atoms with van der Waals surface area (Å²) in [6, 6.07) is 3.87. The number of rotatable bonds is 3. The van der Waals surface area contributed by atoms with Gasteiger partial charge in [-0.05, 0) is 22.0 Å². The fraction of sp³-hybridized carbons (Fsp3) is 0.333. The molecule has 2 aromatic rings. The Morgan fingerprint density at radius 3 is 3.05 bits per heavy atom. The lowest BCUT2D eigenvalue weighted by Crippen LogP contribution is -2.39. The van der Waals surface area contributed by atoms with Gasteiger partial charge >= 0.3 is 0 Å². The zero-order valence-electron chi connectivity index (χ0n) is 10.4. The second kappa shape index (κ2) is 4.75. The maximum absolute atomic E-state index is 11.3. The van der Waals surface area contributed by atoms with Gasteiger partial charge in [0.15, 0.2) is 0 Å². The first-order valence-corrected chi connectivity index (χ1v) is 8.61. The molecular formula is C12H11BrN4O2S. The number of fused-ring (bicyclic) bond motifs is 1. The van der Waals surface area contributed by atoms with Crippen LogP contribution in [-0.4, -0.2) is 31.9 Å². The van der Waals surface area contributed by atoms with E-state index >= 15 is 0 Å². The van der Waals surface area contributed by atoms with Crippen LogP contribution in [0.4, 0.5) is 0 Å². The Kier molecular flexibility index (Phi) is 3.18. The van der Waals surface area contributed by atoms with Crippen LogP contribution in [0.1, 0.15) is 5.56 Å². The molecule has 0 aromatic carbocycles. The molecule has 3 heterocycles. The largest absolute Gasteiger partial charge is 0.492 e. The Morgan fingerprint density at radius 2 is 2.40 bits per heavy atom. The lowest BCUT2D eigenvalue weighted by atomic mass is 10.2. The van der Waals surface area contributed by atoms with Crippen molar-refractivity contribution in [2.75, 3.05) is 18.1 Å². The van der Waals surface area contributed by atoms with Crippen LogP contribution < -0.4 is 4.74 Å². The van der Waals surface area contributed by atoms with E-state index in [0.29, 0.717) is 34.9 Å². The van der Waals surface area contributed by atoms with Gasteiger partial charge < -0.3 is 4.74 Å². The molecule has 8 heteroatoms. The van der Waals surface area contributed by atoms with E-state index in [0.717, 1.165) is 4.47 Å². The van der Waals surface area contributed by atoms with Crippen molar-refractivity contribution in [1.29, 1.82) is 10.0 Å². The van der Waals surface area contributed by atoms with Crippen molar-refractivity contribution in [3.63, 3.8) is 0 Å². The van der Waals surface area contributed by atoms with Crippen LogP contribution in [0.5, 0.6) is 5.75 Å². The fourth-order valence-corrected chi connectivity index (χ4v) is 4.47. The molecule has 0 bridgehead atoms. The van der Waals surface area contributed by atoms with Crippen LogP contribution in [0.15, 0.2) is 22.9 Å². The molecule has 0 amide bonds. The number of nitriles is 1. The van der Waals surface area contributed by atoms with Gasteiger partial charge in [-0.15, -0.1) is 0 Å². The van der Waals surface area contributed by atoms with Gasteiger partial charge in [-0.3, -0.25) is 4.78 Å². The summed E-state index contributed by atoms with van der Waals surface area (Å²) >= 11 is 3.41. The lowest BCUT2D eigenvalue weighted by Gasteiger charge is -2.28. The minimum Gasteiger partial charge on any atom is -0.492 e. The van der Waals surface area contributed by atoms with Gasteiger partial charge in [-0.1, -0.05) is 0 Å². The van der Waals surface area contributed by atoms with Crippen LogP contribution in [0.2, 0.25) is 0 Å². The fourth-order valence-electron chi connectivity index (χ4n) is 2.23. The molecule has 0 radical (unpaired) electrons. The van der Waals surface area contributed by atoms with E-state index in [2.05, 4.69) is 27.1 Å². The number of ether oxygens (including phenoxy) is 1. The summed E-state index contributed by atoms with van der Waals surface area (Å²) in [5.74, 6) is 1.63. The second-order valence-electron chi connectivity index (χ2n) is 4.81. The summed E-state index contributed by atoms with van der Waals surface area (Å²) in [6.07, 6.45) is 3.21. The number of aromatic nitrogens is 2. The molecule has 0 atom stereocenters. The lowest BCUT2D eigenvalue weighted by molar-refractivity contribution is 0.264. The van der Waals surface area contributed by atoms with Crippen LogP contribution in [0, 0.1) is 22.0 Å². The molecule has 0 aliphatic carbocycles. The molecule has 1 fully saturated rings. The maximum Gasteiger partial charge on any atom is 0.138 e. The summed E-state index contributed by atoms with van der Waals surface area (Å²) in [4.78, 5) is 0. The first-order chi connectivity index (χ1) is 9.48. The van der Waals surface area contributed by atoms with Crippen LogP contribution in [0.25, 0.3) is 5.52 Å². The van der Waals surface area contributed by atoms with Crippen molar-refractivity contribution < 1.29 is 8.95 Å². The van der Waals surface area contributed by atoms with Gasteiger partial charge in [0, 0.05) is 31.6 Å². The molecule has 20 heavy (non-hydrogen) atoms. The molecule has 3 rings (SSSR count). The maximum atomic E-state index is 11.3. The third-order valence-electron chi connectivity index (χ3n) is 3.16. The average molecular weight is 355 g/mol. The van der Waals surface area contributed by atoms with E-state index in [4.69, 9.17) is 14.8 Å². The van der Waals surface area contributed by atoms with Crippen LogP contribution in [-0.2, 0) is 9.73 Å². The molecule has 104 valence electrons. The summed E-state index contributed by atoms with van der Waals surface area (Å²) < 4.78 is 26.6. The standard InChI is InChI=1S/C12H11BrN4O2S/c13-11-1-10(19-5-8-6-20(15,18)7-8)4-17-12(11)9(2-14)3-16-17/h1,3-4,8,15H,5-7H2. The van der Waals surface area contributed by atoms with Gasteiger partial charge in [0.25, 0.3) is 0 Å². The van der Waals surface area contributed by atoms with E-state index in [9.17, 15) is 4.21 Å². The third kappa shape index (κ3) is 2.39. The van der Waals surface area contributed by atoms with E-state index in [1.165, 1.54) is 6.20 Å². The molecule has 0 unspecified atom stereocenters. The number of pyridine rings is 1. The molecule has 1 saturated heterocycles. The predicted octanol–water partition coefficient (Wildman–Crippen LogP) is 2.02. The number of hydrogen-bond donors (Lipinski definition) is 1. The Bertz CT molecular complexity index is 810. The molecule has 6 nitrogen and oxygen atoms in total. The van der Waals surface area contributed by atoms with Crippen molar-refractivity contribution in [1.82, 2.24) is 9.61 Å². The van der Waals surface area contributed by atoms with Gasteiger partial charge in [0.1, 0.15) is 11.8 Å². The summed E-state index contributed by atoms with van der Waals surface area (Å²) in [7, 11) is -2.32. The Hall–Kier alpha value is -1.59. The Balaban J connectivity index is 1.78. The van der Waals surface area contributed by atoms with Gasteiger partial charge in [0.2, 0.25) is 0 Å². The molecule has 1 aliphatic rings. The van der Waals surface area contributed by atoms with Gasteiger partial charge in [-0.25, -0.2) is 8.72 Å². The zero-order chi connectivity index (χ0) is 14.3. The first-order valence-electron chi connectivity index (χ1n) is 5.92. The van der Waals surface area contributed by atoms with E-state index in [-0.39, 0.29) is 5.92 Å². The minimum atomic E-state index is -2.32. The van der Waals surface area contributed by atoms with Crippen molar-refractivity contribution >= 4 is 31.2 Å². The molecular weight excluding hydrogens is 344 g/mol. The van der Waals surface area contributed by atoms with Crippen LogP contribution >= 0.6 is 15.9 Å². The third-order valence-corrected chi connectivity index (χ3v) is 5.78. The summed E-state index contributed by atoms with van der Waals surface area (Å²) in [5.41, 5.74) is 1.20. The number of nitrogens with zero attached hydrogens (tertiary/aromatic N) is 3. The second-order valence-corrected chi connectivity index (χ2v) is 7.95. The highest BCUT2D eigenvalue weighted by molar-refractivity contribution is 9.10. The van der Waals surface area contributed by atoms with E-state index in [1.807, 2.05) is 0 Å². The predicted molar refractivity (Wildman–Crippen MR) is 77.2 cm³/mol. The minimum absolute atomic E-state index is 0.182. The highest BCUT2D eigenvalue weighted by Gasteiger charge is 2.30. The quantitative estimate of drug-likeness (QED) is 0.912. The van der Waals surface area contributed by atoms with E-state index < -0.39 is 9.73 Å². The smallest absolute Gasteiger partial charge is 0.138 e. The summed E-state index contributed by atoms with van der Waals surface area (Å²) in [6.45, 7) is 0.445. The van der Waals surface area contributed by atoms with Crippen molar-refractivity contribution in [3.05, 3.63) is 28.5 Å². The number of nitrogens with one attached hydrogen (secondary N) is 1. The van der Waals surface area contributed by atoms with Gasteiger partial charge in [-0.2, -0.15) is 10.4 Å². The van der Waals surface area contributed by atoms with Crippen molar-refractivity contribution in [2.45, 2.75) is 0 Å². The molecule has 0 saturated carbocycles. The van der Waals surface area contributed by atoms with Crippen LogP contribution in [0.3, 0.4) is 0 Å². The molecule has 1 aliphatic heterocycles. The zero-order valence-corrected chi connectivity index (χ0v) is 12.8. The Labute approximate surface area is 124 Å². The SMILES string of the molecule is N#Cc1cnn2cc(OCC3CS(=N)(=O)C3)cc(Br)c12. The average Bonchev–Trinajstić information content (AvgIpc) is 2.77. The molecule has 0 spiro atoms.